The number of allylic oxidation sites excluding steroid dienone is 1. The molecule has 0 spiro atoms. The van der Waals surface area contributed by atoms with Crippen LogP contribution in [0.15, 0.2) is 11.8 Å². The van der Waals surface area contributed by atoms with Gasteiger partial charge in [0, 0.05) is 31.8 Å². The van der Waals surface area contributed by atoms with Gasteiger partial charge in [-0.3, -0.25) is 4.79 Å². The first-order valence-electron chi connectivity index (χ1n) is 3.68. The summed E-state index contributed by atoms with van der Waals surface area (Å²) in [6, 6.07) is 0. The highest BCUT2D eigenvalue weighted by molar-refractivity contribution is 5.95. The zero-order valence-electron chi connectivity index (χ0n) is 6.55. The summed E-state index contributed by atoms with van der Waals surface area (Å²) < 4.78 is 0. The molecule has 1 aliphatic rings. The van der Waals surface area contributed by atoms with Crippen molar-refractivity contribution < 1.29 is 4.79 Å². The zero-order chi connectivity index (χ0) is 7.56. The van der Waals surface area contributed by atoms with Crippen molar-refractivity contribution in [2.45, 2.75) is 19.8 Å². The second kappa shape index (κ2) is 2.86. The Balaban J connectivity index is 2.72. The Morgan fingerprint density at radius 3 is 2.90 bits per heavy atom. The van der Waals surface area contributed by atoms with Gasteiger partial charge in [-0.15, -0.1) is 0 Å². The minimum absolute atomic E-state index is 0.320. The average Bonchev–Trinajstić information content (AvgIpc) is 1.94. The van der Waals surface area contributed by atoms with E-state index in [-0.39, 0.29) is 0 Å². The standard InChI is InChI=1S/C8H13NO/c1-3-7-6-9(2)5-4-8(7)10/h6H,3-5H2,1-2H3. The molecule has 2 nitrogen and oxygen atoms in total. The van der Waals surface area contributed by atoms with Crippen LogP contribution in [0.2, 0.25) is 0 Å². The van der Waals surface area contributed by atoms with Crippen molar-refractivity contribution in [3.8, 4) is 0 Å². The second-order valence-electron chi connectivity index (χ2n) is 2.66. The molecule has 0 N–H and O–H groups in total. The zero-order valence-corrected chi connectivity index (χ0v) is 6.55. The SMILES string of the molecule is CCC1=CN(C)CCC1=O. The molecule has 0 atom stereocenters. The lowest BCUT2D eigenvalue weighted by atomic mass is 10.0. The van der Waals surface area contributed by atoms with Crippen LogP contribution in [0.4, 0.5) is 0 Å². The predicted octanol–water partition coefficient (Wildman–Crippen LogP) is 1.18. The van der Waals surface area contributed by atoms with E-state index in [1.54, 1.807) is 0 Å². The van der Waals surface area contributed by atoms with Crippen LogP contribution in [0.25, 0.3) is 0 Å². The summed E-state index contributed by atoms with van der Waals surface area (Å²) in [5, 5.41) is 0. The van der Waals surface area contributed by atoms with Crippen molar-refractivity contribution in [1.82, 2.24) is 4.90 Å². The van der Waals surface area contributed by atoms with E-state index < -0.39 is 0 Å². The van der Waals surface area contributed by atoms with Crippen molar-refractivity contribution in [1.29, 1.82) is 0 Å². The number of nitrogens with zero attached hydrogens (tertiary/aromatic N) is 1. The molecule has 0 saturated carbocycles. The molecule has 0 aromatic carbocycles. The van der Waals surface area contributed by atoms with Gasteiger partial charge in [0.1, 0.15) is 0 Å². The van der Waals surface area contributed by atoms with Crippen LogP contribution >= 0.6 is 0 Å². The van der Waals surface area contributed by atoms with Crippen LogP contribution in [0, 0.1) is 0 Å². The molecule has 0 amide bonds. The van der Waals surface area contributed by atoms with Crippen molar-refractivity contribution in [3.05, 3.63) is 11.8 Å². The highest BCUT2D eigenvalue weighted by Crippen LogP contribution is 2.11. The first-order chi connectivity index (χ1) is 4.74. The molecule has 0 bridgehead atoms. The van der Waals surface area contributed by atoms with Crippen LogP contribution < -0.4 is 0 Å². The van der Waals surface area contributed by atoms with Gasteiger partial charge >= 0.3 is 0 Å². The van der Waals surface area contributed by atoms with Crippen LogP contribution in [-0.4, -0.2) is 24.3 Å². The third kappa shape index (κ3) is 1.38. The van der Waals surface area contributed by atoms with E-state index in [0.717, 1.165) is 18.5 Å². The Labute approximate surface area is 61.5 Å². The largest absolute Gasteiger partial charge is 0.380 e. The molecule has 0 aliphatic carbocycles. The Bertz CT molecular complexity index is 172. The molecule has 0 aromatic rings. The summed E-state index contributed by atoms with van der Waals surface area (Å²) in [6.45, 7) is 2.89. The van der Waals surface area contributed by atoms with E-state index in [2.05, 4.69) is 4.90 Å². The van der Waals surface area contributed by atoms with Gasteiger partial charge in [-0.1, -0.05) is 6.92 Å². The highest BCUT2D eigenvalue weighted by atomic mass is 16.1. The topological polar surface area (TPSA) is 20.3 Å². The molecular weight excluding hydrogens is 126 g/mol. The lowest BCUT2D eigenvalue weighted by molar-refractivity contribution is -0.116. The highest BCUT2D eigenvalue weighted by Gasteiger charge is 2.13. The van der Waals surface area contributed by atoms with E-state index >= 15 is 0 Å². The fraction of sp³-hybridized carbons (Fsp3) is 0.625. The van der Waals surface area contributed by atoms with Crippen molar-refractivity contribution in [3.63, 3.8) is 0 Å². The van der Waals surface area contributed by atoms with Gasteiger partial charge in [0.15, 0.2) is 5.78 Å². The third-order valence-corrected chi connectivity index (χ3v) is 1.81. The van der Waals surface area contributed by atoms with Gasteiger partial charge in [-0.05, 0) is 6.42 Å². The molecular formula is C8H13NO. The maximum Gasteiger partial charge on any atom is 0.162 e. The van der Waals surface area contributed by atoms with E-state index in [1.165, 1.54) is 0 Å². The van der Waals surface area contributed by atoms with Crippen LogP contribution in [-0.2, 0) is 4.79 Å². The Hall–Kier alpha value is -0.790. The van der Waals surface area contributed by atoms with E-state index in [1.807, 2.05) is 20.2 Å². The van der Waals surface area contributed by atoms with Crippen molar-refractivity contribution >= 4 is 5.78 Å². The number of Topliss-reactive ketones (excluding diaryl/α,β-unsaturated/α-hetero) is 1. The average molecular weight is 139 g/mol. The lowest BCUT2D eigenvalue weighted by Gasteiger charge is -2.20. The lowest BCUT2D eigenvalue weighted by Crippen LogP contribution is -2.23. The monoisotopic (exact) mass is 139 g/mol. The maximum absolute atomic E-state index is 11.1. The number of rotatable bonds is 1. The van der Waals surface area contributed by atoms with Gasteiger partial charge in [0.2, 0.25) is 0 Å². The molecule has 1 aliphatic heterocycles. The van der Waals surface area contributed by atoms with Gasteiger partial charge in [-0.2, -0.15) is 0 Å². The Morgan fingerprint density at radius 1 is 1.70 bits per heavy atom. The molecule has 0 aromatic heterocycles. The smallest absolute Gasteiger partial charge is 0.162 e. The van der Waals surface area contributed by atoms with Crippen LogP contribution in [0.3, 0.4) is 0 Å². The Kier molecular flexibility index (Phi) is 2.10. The number of carbonyl (C=O) groups is 1. The number of hydrogen-bond donors (Lipinski definition) is 0. The fourth-order valence-electron chi connectivity index (χ4n) is 1.13. The molecule has 1 rings (SSSR count). The normalized spacial score (nSPS) is 19.2. The first kappa shape index (κ1) is 7.32. The minimum atomic E-state index is 0.320. The van der Waals surface area contributed by atoms with Crippen molar-refractivity contribution in [2.75, 3.05) is 13.6 Å². The number of hydrogen-bond acceptors (Lipinski definition) is 2. The summed E-state index contributed by atoms with van der Waals surface area (Å²) in [5.74, 6) is 0.320. The van der Waals surface area contributed by atoms with Crippen LogP contribution in [0.5, 0.6) is 0 Å². The van der Waals surface area contributed by atoms with E-state index in [9.17, 15) is 4.79 Å². The fourth-order valence-corrected chi connectivity index (χ4v) is 1.13. The molecule has 0 saturated heterocycles. The summed E-state index contributed by atoms with van der Waals surface area (Å²) >= 11 is 0. The molecule has 0 radical (unpaired) electrons. The predicted molar refractivity (Wildman–Crippen MR) is 40.6 cm³/mol. The van der Waals surface area contributed by atoms with Gasteiger partial charge in [-0.25, -0.2) is 0 Å². The van der Waals surface area contributed by atoms with Gasteiger partial charge in [0.05, 0.1) is 0 Å². The Morgan fingerprint density at radius 2 is 2.40 bits per heavy atom. The molecule has 56 valence electrons. The molecule has 0 fully saturated rings. The molecule has 2 heteroatoms. The molecule has 10 heavy (non-hydrogen) atoms. The van der Waals surface area contributed by atoms with Gasteiger partial charge in [0.25, 0.3) is 0 Å². The minimum Gasteiger partial charge on any atom is -0.380 e. The first-order valence-corrected chi connectivity index (χ1v) is 3.68. The summed E-state index contributed by atoms with van der Waals surface area (Å²) in [5.41, 5.74) is 0.966. The summed E-state index contributed by atoms with van der Waals surface area (Å²) in [6.07, 6.45) is 3.51. The maximum atomic E-state index is 11.1. The number of ketones is 1. The van der Waals surface area contributed by atoms with Crippen molar-refractivity contribution in [2.24, 2.45) is 0 Å². The summed E-state index contributed by atoms with van der Waals surface area (Å²) in [4.78, 5) is 13.1. The number of carbonyl (C=O) groups excluding carboxylic acids is 1. The van der Waals surface area contributed by atoms with E-state index in [0.29, 0.717) is 12.2 Å². The van der Waals surface area contributed by atoms with E-state index in [4.69, 9.17) is 0 Å². The molecule has 1 heterocycles. The summed E-state index contributed by atoms with van der Waals surface area (Å²) in [7, 11) is 2.00. The quantitative estimate of drug-likeness (QED) is 0.543. The second-order valence-corrected chi connectivity index (χ2v) is 2.66. The third-order valence-electron chi connectivity index (χ3n) is 1.81. The van der Waals surface area contributed by atoms with Crippen LogP contribution in [0.1, 0.15) is 19.8 Å². The molecule has 0 unspecified atom stereocenters. The van der Waals surface area contributed by atoms with Gasteiger partial charge < -0.3 is 4.90 Å².